The molecule has 3 rings (SSSR count). The molecule has 1 aliphatic carbocycles. The average molecular weight is 479 g/mol. The quantitative estimate of drug-likeness (QED) is 0.599. The van der Waals surface area contributed by atoms with E-state index in [1.165, 1.54) is 37.1 Å². The summed E-state index contributed by atoms with van der Waals surface area (Å²) in [6.07, 6.45) is 6.34. The average Bonchev–Trinajstić information content (AvgIpc) is 2.76. The van der Waals surface area contributed by atoms with Crippen molar-refractivity contribution < 1.29 is 17.9 Å². The number of nitrogens with one attached hydrogen (secondary N) is 1. The number of carbonyl (C=O) groups excluding carboxylic acids is 1. The molecule has 0 bridgehead atoms. The number of halogens is 1. The van der Waals surface area contributed by atoms with Crippen LogP contribution in [0, 0.1) is 0 Å². The van der Waals surface area contributed by atoms with Gasteiger partial charge in [-0.1, -0.05) is 36.7 Å². The van der Waals surface area contributed by atoms with Crippen molar-refractivity contribution in [2.24, 2.45) is 0 Å². The van der Waals surface area contributed by atoms with Crippen LogP contribution in [0.15, 0.2) is 36.4 Å². The molecule has 0 heterocycles. The summed E-state index contributed by atoms with van der Waals surface area (Å²) >= 11 is 6.21. The molecule has 0 spiro atoms. The van der Waals surface area contributed by atoms with Crippen LogP contribution in [-0.2, 0) is 27.7 Å². The van der Waals surface area contributed by atoms with Crippen LogP contribution in [0.5, 0.6) is 5.75 Å². The molecular weight excluding hydrogens is 448 g/mol. The third-order valence-corrected chi connectivity index (χ3v) is 7.52. The standard InChI is InChI=1S/C24H31ClN2O4S/c1-5-22(19-11-10-17-8-6-7-9-18(17)14-19)26-24(28)16(2)27(32(4,29)30)20-12-13-23(31-3)21(25)15-20/h10-16,22H,5-9H2,1-4H3,(H,26,28)/t16-,22+/m0/s1. The smallest absolute Gasteiger partial charge is 0.244 e. The van der Waals surface area contributed by atoms with E-state index in [1.807, 2.05) is 6.92 Å². The number of sulfonamides is 1. The maximum atomic E-state index is 13.2. The van der Waals surface area contributed by atoms with Crippen molar-refractivity contribution >= 4 is 33.2 Å². The molecule has 2 atom stereocenters. The first-order chi connectivity index (χ1) is 15.2. The van der Waals surface area contributed by atoms with Gasteiger partial charge in [-0.25, -0.2) is 8.42 Å². The summed E-state index contributed by atoms with van der Waals surface area (Å²) in [4.78, 5) is 13.2. The fourth-order valence-electron chi connectivity index (χ4n) is 4.28. The highest BCUT2D eigenvalue weighted by Crippen LogP contribution is 2.32. The predicted octanol–water partition coefficient (Wildman–Crippen LogP) is 4.65. The molecule has 0 aliphatic heterocycles. The number of carbonyl (C=O) groups is 1. The van der Waals surface area contributed by atoms with Crippen molar-refractivity contribution in [2.75, 3.05) is 17.7 Å². The fraction of sp³-hybridized carbons (Fsp3) is 0.458. The van der Waals surface area contributed by atoms with Crippen LogP contribution >= 0.6 is 11.6 Å². The first-order valence-corrected chi connectivity index (χ1v) is 13.1. The van der Waals surface area contributed by atoms with Gasteiger partial charge in [-0.05, 0) is 73.9 Å². The lowest BCUT2D eigenvalue weighted by Crippen LogP contribution is -2.48. The minimum absolute atomic E-state index is 0.196. The van der Waals surface area contributed by atoms with Gasteiger partial charge < -0.3 is 10.1 Å². The second-order valence-corrected chi connectivity index (χ2v) is 10.5. The molecule has 0 saturated carbocycles. The number of aryl methyl sites for hydroxylation is 2. The van der Waals surface area contributed by atoms with Crippen molar-refractivity contribution in [3.8, 4) is 5.75 Å². The monoisotopic (exact) mass is 478 g/mol. The van der Waals surface area contributed by atoms with Crippen molar-refractivity contribution in [2.45, 2.75) is 58.0 Å². The van der Waals surface area contributed by atoms with E-state index < -0.39 is 16.1 Å². The lowest BCUT2D eigenvalue weighted by molar-refractivity contribution is -0.122. The zero-order chi connectivity index (χ0) is 23.5. The predicted molar refractivity (Wildman–Crippen MR) is 129 cm³/mol. The number of rotatable bonds is 8. The molecule has 6 nitrogen and oxygen atoms in total. The molecule has 174 valence electrons. The van der Waals surface area contributed by atoms with Gasteiger partial charge in [0, 0.05) is 0 Å². The van der Waals surface area contributed by atoms with E-state index in [9.17, 15) is 13.2 Å². The van der Waals surface area contributed by atoms with E-state index in [0.29, 0.717) is 17.9 Å². The molecular formula is C24H31ClN2O4S. The van der Waals surface area contributed by atoms with Gasteiger partial charge in [0.1, 0.15) is 11.8 Å². The number of hydrogen-bond acceptors (Lipinski definition) is 4. The van der Waals surface area contributed by atoms with Crippen molar-refractivity contribution in [3.05, 3.63) is 58.1 Å². The maximum absolute atomic E-state index is 13.2. The van der Waals surface area contributed by atoms with Crippen LogP contribution in [-0.4, -0.2) is 33.7 Å². The topological polar surface area (TPSA) is 75.7 Å². The second kappa shape index (κ2) is 10.1. The van der Waals surface area contributed by atoms with Crippen molar-refractivity contribution in [1.82, 2.24) is 5.32 Å². The van der Waals surface area contributed by atoms with Crippen molar-refractivity contribution in [1.29, 1.82) is 0 Å². The van der Waals surface area contributed by atoms with E-state index in [0.717, 1.165) is 29.0 Å². The van der Waals surface area contributed by atoms with Gasteiger partial charge in [-0.15, -0.1) is 0 Å². The van der Waals surface area contributed by atoms with E-state index in [2.05, 4.69) is 23.5 Å². The Morgan fingerprint density at radius 3 is 2.44 bits per heavy atom. The number of methoxy groups -OCH3 is 1. The SMILES string of the molecule is CC[C@@H](NC(=O)[C@H](C)N(c1ccc(OC)c(Cl)c1)S(C)(=O)=O)c1ccc2c(c1)CCCC2. The summed E-state index contributed by atoms with van der Waals surface area (Å²) in [7, 11) is -2.26. The molecule has 1 N–H and O–H groups in total. The molecule has 1 aliphatic rings. The number of fused-ring (bicyclic) bond motifs is 1. The zero-order valence-corrected chi connectivity index (χ0v) is 20.6. The molecule has 0 radical (unpaired) electrons. The normalized spacial score (nSPS) is 15.4. The van der Waals surface area contributed by atoms with Gasteiger partial charge in [0.25, 0.3) is 0 Å². The number of ether oxygens (including phenoxy) is 1. The number of nitrogens with zero attached hydrogens (tertiary/aromatic N) is 1. The molecule has 2 aromatic rings. The van der Waals surface area contributed by atoms with E-state index in [4.69, 9.17) is 16.3 Å². The van der Waals surface area contributed by atoms with Gasteiger partial charge in [0.15, 0.2) is 0 Å². The van der Waals surface area contributed by atoms with Crippen LogP contribution in [0.3, 0.4) is 0 Å². The Kier molecular flexibility index (Phi) is 7.72. The lowest BCUT2D eigenvalue weighted by atomic mass is 9.88. The largest absolute Gasteiger partial charge is 0.495 e. The van der Waals surface area contributed by atoms with Gasteiger partial charge in [0.2, 0.25) is 15.9 Å². The molecule has 2 aromatic carbocycles. The zero-order valence-electron chi connectivity index (χ0n) is 19.0. The number of amides is 1. The summed E-state index contributed by atoms with van der Waals surface area (Å²) < 4.78 is 31.4. The molecule has 8 heteroatoms. The Balaban J connectivity index is 1.84. The molecule has 0 fully saturated rings. The van der Waals surface area contributed by atoms with Crippen molar-refractivity contribution in [3.63, 3.8) is 0 Å². The van der Waals surface area contributed by atoms with E-state index in [1.54, 1.807) is 19.1 Å². The van der Waals surface area contributed by atoms with E-state index >= 15 is 0 Å². The minimum atomic E-state index is -3.74. The maximum Gasteiger partial charge on any atom is 0.244 e. The Hall–Kier alpha value is -2.25. The molecule has 0 saturated heterocycles. The summed E-state index contributed by atoms with van der Waals surface area (Å²) in [6.45, 7) is 3.58. The summed E-state index contributed by atoms with van der Waals surface area (Å²) in [5.74, 6) is 0.0614. The Bertz CT molecular complexity index is 1090. The van der Waals surface area contributed by atoms with Crippen LogP contribution in [0.4, 0.5) is 5.69 Å². The molecule has 0 unspecified atom stereocenters. The summed E-state index contributed by atoms with van der Waals surface area (Å²) in [5.41, 5.74) is 4.09. The molecule has 32 heavy (non-hydrogen) atoms. The Morgan fingerprint density at radius 2 is 1.84 bits per heavy atom. The van der Waals surface area contributed by atoms with E-state index in [-0.39, 0.29) is 17.0 Å². The number of hydrogen-bond donors (Lipinski definition) is 1. The first kappa shape index (κ1) is 24.4. The van der Waals surface area contributed by atoms with Crippen LogP contribution in [0.1, 0.15) is 55.8 Å². The molecule has 1 amide bonds. The number of benzene rings is 2. The highest BCUT2D eigenvalue weighted by atomic mass is 35.5. The second-order valence-electron chi connectivity index (χ2n) is 8.26. The van der Waals surface area contributed by atoms with Crippen LogP contribution in [0.25, 0.3) is 0 Å². The third-order valence-electron chi connectivity index (χ3n) is 5.98. The number of anilines is 1. The van der Waals surface area contributed by atoms with Gasteiger partial charge in [-0.2, -0.15) is 0 Å². The van der Waals surface area contributed by atoms with Crippen LogP contribution in [0.2, 0.25) is 5.02 Å². The minimum Gasteiger partial charge on any atom is -0.495 e. The highest BCUT2D eigenvalue weighted by molar-refractivity contribution is 7.92. The Labute approximate surface area is 196 Å². The van der Waals surface area contributed by atoms with Gasteiger partial charge in [-0.3, -0.25) is 9.10 Å². The Morgan fingerprint density at radius 1 is 1.16 bits per heavy atom. The molecule has 0 aromatic heterocycles. The first-order valence-electron chi connectivity index (χ1n) is 10.9. The van der Waals surface area contributed by atoms with Gasteiger partial charge >= 0.3 is 0 Å². The highest BCUT2D eigenvalue weighted by Gasteiger charge is 2.31. The lowest BCUT2D eigenvalue weighted by Gasteiger charge is -2.30. The fourth-order valence-corrected chi connectivity index (χ4v) is 5.70. The third kappa shape index (κ3) is 5.38. The van der Waals surface area contributed by atoms with Gasteiger partial charge in [0.05, 0.1) is 30.1 Å². The summed E-state index contributed by atoms with van der Waals surface area (Å²) in [6, 6.07) is 9.92. The summed E-state index contributed by atoms with van der Waals surface area (Å²) in [5, 5.41) is 3.32. The van der Waals surface area contributed by atoms with Crippen LogP contribution < -0.4 is 14.4 Å².